The van der Waals surface area contributed by atoms with E-state index in [1.54, 1.807) is 4.31 Å². The Morgan fingerprint density at radius 3 is 2.50 bits per heavy atom. The van der Waals surface area contributed by atoms with E-state index in [-0.39, 0.29) is 0 Å². The van der Waals surface area contributed by atoms with Crippen molar-refractivity contribution in [3.8, 4) is 0 Å². The van der Waals surface area contributed by atoms with E-state index in [0.29, 0.717) is 24.9 Å². The third-order valence-corrected chi connectivity index (χ3v) is 4.74. The Kier molecular flexibility index (Phi) is 3.92. The van der Waals surface area contributed by atoms with Crippen LogP contribution in [-0.4, -0.2) is 56.1 Å². The largest absolute Gasteiger partial charge is 0.303 e. The standard InChI is InChI=1S/C9H20N2O2S/c1-9(2)10(3)6-7-11-5-4-8-14(11,12)13/h9H,4-8H2,1-3H3. The molecule has 0 amide bonds. The molecule has 1 heterocycles. The normalized spacial score (nSPS) is 22.4. The Balaban J connectivity index is 2.39. The quantitative estimate of drug-likeness (QED) is 0.687. The number of nitrogens with zero attached hydrogens (tertiary/aromatic N) is 2. The summed E-state index contributed by atoms with van der Waals surface area (Å²) in [5.41, 5.74) is 0. The van der Waals surface area contributed by atoms with Gasteiger partial charge in [0.2, 0.25) is 10.0 Å². The lowest BCUT2D eigenvalue weighted by molar-refractivity contribution is 0.253. The van der Waals surface area contributed by atoms with E-state index in [1.165, 1.54) is 0 Å². The fourth-order valence-corrected chi connectivity index (χ4v) is 2.99. The summed E-state index contributed by atoms with van der Waals surface area (Å²) in [5, 5.41) is 0. The van der Waals surface area contributed by atoms with Crippen LogP contribution in [0.2, 0.25) is 0 Å². The zero-order valence-electron chi connectivity index (χ0n) is 9.23. The van der Waals surface area contributed by atoms with Gasteiger partial charge in [-0.25, -0.2) is 12.7 Å². The van der Waals surface area contributed by atoms with Gasteiger partial charge in [0.25, 0.3) is 0 Å². The average molecular weight is 220 g/mol. The summed E-state index contributed by atoms with van der Waals surface area (Å²) >= 11 is 0. The van der Waals surface area contributed by atoms with E-state index in [9.17, 15) is 8.42 Å². The maximum Gasteiger partial charge on any atom is 0.214 e. The second-order valence-electron chi connectivity index (χ2n) is 4.14. The molecule has 0 aromatic heterocycles. The first-order chi connectivity index (χ1) is 6.43. The summed E-state index contributed by atoms with van der Waals surface area (Å²) in [4.78, 5) is 2.16. The van der Waals surface area contributed by atoms with Gasteiger partial charge < -0.3 is 4.90 Å². The SMILES string of the molecule is CC(C)N(C)CCN1CCCS1(=O)=O. The summed E-state index contributed by atoms with van der Waals surface area (Å²) < 4.78 is 24.5. The maximum absolute atomic E-state index is 11.5. The first-order valence-electron chi connectivity index (χ1n) is 5.11. The Morgan fingerprint density at radius 2 is 2.07 bits per heavy atom. The summed E-state index contributed by atoms with van der Waals surface area (Å²) in [5.74, 6) is 0.332. The van der Waals surface area contributed by atoms with E-state index in [2.05, 4.69) is 18.7 Å². The van der Waals surface area contributed by atoms with Gasteiger partial charge in [-0.3, -0.25) is 0 Å². The number of rotatable bonds is 4. The molecule has 0 radical (unpaired) electrons. The van der Waals surface area contributed by atoms with Crippen molar-refractivity contribution in [2.24, 2.45) is 0 Å². The van der Waals surface area contributed by atoms with Crippen LogP contribution in [0, 0.1) is 0 Å². The van der Waals surface area contributed by atoms with Gasteiger partial charge in [-0.2, -0.15) is 0 Å². The minimum atomic E-state index is -2.90. The van der Waals surface area contributed by atoms with Gasteiger partial charge in [0.1, 0.15) is 0 Å². The van der Waals surface area contributed by atoms with Crippen molar-refractivity contribution < 1.29 is 8.42 Å². The van der Waals surface area contributed by atoms with Crippen LogP contribution in [0.5, 0.6) is 0 Å². The minimum absolute atomic E-state index is 0.332. The Bertz CT molecular complexity index is 275. The molecule has 0 aromatic rings. The van der Waals surface area contributed by atoms with Gasteiger partial charge in [-0.1, -0.05) is 0 Å². The molecule has 4 nitrogen and oxygen atoms in total. The molecule has 84 valence electrons. The van der Waals surface area contributed by atoms with Crippen LogP contribution in [0.15, 0.2) is 0 Å². The summed E-state index contributed by atoms with van der Waals surface area (Å²) in [7, 11) is -0.881. The summed E-state index contributed by atoms with van der Waals surface area (Å²) in [6.07, 6.45) is 0.785. The number of sulfonamides is 1. The third kappa shape index (κ3) is 2.93. The molecule has 0 atom stereocenters. The zero-order chi connectivity index (χ0) is 10.8. The van der Waals surface area contributed by atoms with Gasteiger partial charge in [-0.05, 0) is 27.3 Å². The molecule has 0 aliphatic carbocycles. The first-order valence-corrected chi connectivity index (χ1v) is 6.72. The number of hydrogen-bond acceptors (Lipinski definition) is 3. The van der Waals surface area contributed by atoms with Crippen LogP contribution >= 0.6 is 0 Å². The van der Waals surface area contributed by atoms with Gasteiger partial charge in [0, 0.05) is 25.7 Å². The van der Waals surface area contributed by atoms with Gasteiger partial charge in [-0.15, -0.1) is 0 Å². The molecule has 14 heavy (non-hydrogen) atoms. The minimum Gasteiger partial charge on any atom is -0.303 e. The van der Waals surface area contributed by atoms with Crippen molar-refractivity contribution in [2.45, 2.75) is 26.3 Å². The summed E-state index contributed by atoms with van der Waals surface area (Å²) in [6.45, 7) is 6.37. The van der Waals surface area contributed by atoms with Crippen LogP contribution in [-0.2, 0) is 10.0 Å². The molecule has 0 N–H and O–H groups in total. The molecule has 0 unspecified atom stereocenters. The van der Waals surface area contributed by atoms with Crippen molar-refractivity contribution in [2.75, 3.05) is 32.4 Å². The van der Waals surface area contributed by atoms with Crippen LogP contribution < -0.4 is 0 Å². The second kappa shape index (κ2) is 4.59. The summed E-state index contributed by atoms with van der Waals surface area (Å²) in [6, 6.07) is 0.473. The molecule has 1 saturated heterocycles. The van der Waals surface area contributed by atoms with E-state index in [0.717, 1.165) is 13.0 Å². The highest BCUT2D eigenvalue weighted by Gasteiger charge is 2.27. The maximum atomic E-state index is 11.5. The lowest BCUT2D eigenvalue weighted by Crippen LogP contribution is -2.37. The number of hydrogen-bond donors (Lipinski definition) is 0. The van der Waals surface area contributed by atoms with Crippen molar-refractivity contribution in [1.82, 2.24) is 9.21 Å². The van der Waals surface area contributed by atoms with Crippen LogP contribution in [0.25, 0.3) is 0 Å². The van der Waals surface area contributed by atoms with Crippen LogP contribution in [0.4, 0.5) is 0 Å². The second-order valence-corrected chi connectivity index (χ2v) is 6.23. The molecule has 0 bridgehead atoms. The van der Waals surface area contributed by atoms with E-state index >= 15 is 0 Å². The molecule has 1 rings (SSSR count). The van der Waals surface area contributed by atoms with Crippen molar-refractivity contribution in [1.29, 1.82) is 0 Å². The van der Waals surface area contributed by atoms with Crippen molar-refractivity contribution >= 4 is 10.0 Å². The van der Waals surface area contributed by atoms with Gasteiger partial charge >= 0.3 is 0 Å². The lowest BCUT2D eigenvalue weighted by Gasteiger charge is -2.23. The van der Waals surface area contributed by atoms with Crippen LogP contribution in [0.1, 0.15) is 20.3 Å². The highest BCUT2D eigenvalue weighted by Crippen LogP contribution is 2.12. The van der Waals surface area contributed by atoms with E-state index in [4.69, 9.17) is 0 Å². The van der Waals surface area contributed by atoms with Crippen LogP contribution in [0.3, 0.4) is 0 Å². The Hall–Kier alpha value is -0.130. The fraction of sp³-hybridized carbons (Fsp3) is 1.00. The van der Waals surface area contributed by atoms with Gasteiger partial charge in [0.05, 0.1) is 5.75 Å². The van der Waals surface area contributed by atoms with Crippen molar-refractivity contribution in [3.63, 3.8) is 0 Å². The average Bonchev–Trinajstić information content (AvgIpc) is 2.40. The number of likely N-dealkylation sites (N-methyl/N-ethyl adjacent to an activating group) is 1. The fourth-order valence-electron chi connectivity index (χ4n) is 1.47. The van der Waals surface area contributed by atoms with Gasteiger partial charge in [0.15, 0.2) is 0 Å². The van der Waals surface area contributed by atoms with Crippen molar-refractivity contribution in [3.05, 3.63) is 0 Å². The zero-order valence-corrected chi connectivity index (χ0v) is 10.0. The first kappa shape index (κ1) is 11.9. The predicted molar refractivity (Wildman–Crippen MR) is 57.7 cm³/mol. The van der Waals surface area contributed by atoms with E-state index in [1.807, 2.05) is 7.05 Å². The Labute approximate surface area is 86.9 Å². The van der Waals surface area contributed by atoms with E-state index < -0.39 is 10.0 Å². The molecule has 1 aliphatic heterocycles. The third-order valence-electron chi connectivity index (χ3n) is 2.79. The molecule has 0 saturated carbocycles. The highest BCUT2D eigenvalue weighted by atomic mass is 32.2. The molecular formula is C9H20N2O2S. The lowest BCUT2D eigenvalue weighted by atomic mass is 10.3. The topological polar surface area (TPSA) is 40.6 Å². The molecular weight excluding hydrogens is 200 g/mol. The molecule has 0 spiro atoms. The smallest absolute Gasteiger partial charge is 0.214 e. The monoisotopic (exact) mass is 220 g/mol. The molecule has 1 aliphatic rings. The molecule has 0 aromatic carbocycles. The molecule has 1 fully saturated rings. The highest BCUT2D eigenvalue weighted by molar-refractivity contribution is 7.89. The Morgan fingerprint density at radius 1 is 1.43 bits per heavy atom. The molecule has 5 heteroatoms. The predicted octanol–water partition coefficient (Wildman–Crippen LogP) is 0.362.